The van der Waals surface area contributed by atoms with Crippen LogP contribution in [0.5, 0.6) is 5.75 Å². The maximum absolute atomic E-state index is 5.61. The van der Waals surface area contributed by atoms with Gasteiger partial charge in [-0.15, -0.1) is 0 Å². The van der Waals surface area contributed by atoms with Crippen molar-refractivity contribution in [3.63, 3.8) is 0 Å². The Balaban J connectivity index is 2.27. The van der Waals surface area contributed by atoms with E-state index in [0.29, 0.717) is 6.04 Å². The Kier molecular flexibility index (Phi) is 5.47. The van der Waals surface area contributed by atoms with Gasteiger partial charge in [-0.1, -0.05) is 38.0 Å². The molecule has 0 radical (unpaired) electrons. The normalized spacial score (nSPS) is 23.8. The second kappa shape index (κ2) is 7.12. The molecule has 3 unspecified atom stereocenters. The second-order valence-corrected chi connectivity index (χ2v) is 6.36. The predicted octanol–water partition coefficient (Wildman–Crippen LogP) is 4.48. The molecule has 1 N–H and O–H groups in total. The first-order valence-corrected chi connectivity index (χ1v) is 8.03. The van der Waals surface area contributed by atoms with Crippen molar-refractivity contribution in [2.24, 2.45) is 11.8 Å². The smallest absolute Gasteiger partial charge is 0.123 e. The summed E-state index contributed by atoms with van der Waals surface area (Å²) in [7, 11) is 1.78. The topological polar surface area (TPSA) is 21.3 Å². The summed E-state index contributed by atoms with van der Waals surface area (Å²) in [6, 6.07) is 6.99. The maximum atomic E-state index is 5.61. The molecule has 20 heavy (non-hydrogen) atoms. The first-order chi connectivity index (χ1) is 9.65. The Labute approximate surface area is 123 Å². The van der Waals surface area contributed by atoms with E-state index >= 15 is 0 Å². The fourth-order valence-corrected chi connectivity index (χ4v) is 3.48. The van der Waals surface area contributed by atoms with E-state index < -0.39 is 0 Å². The van der Waals surface area contributed by atoms with E-state index in [9.17, 15) is 0 Å². The minimum Gasteiger partial charge on any atom is -0.496 e. The van der Waals surface area contributed by atoms with Crippen molar-refractivity contribution >= 4 is 0 Å². The van der Waals surface area contributed by atoms with Gasteiger partial charge in [-0.3, -0.25) is 0 Å². The van der Waals surface area contributed by atoms with Crippen LogP contribution in [0.15, 0.2) is 18.2 Å². The molecule has 1 aromatic rings. The number of nitrogens with one attached hydrogen (secondary N) is 1. The van der Waals surface area contributed by atoms with Crippen LogP contribution in [0.2, 0.25) is 0 Å². The number of hydrogen-bond acceptors (Lipinski definition) is 2. The number of rotatable bonds is 6. The van der Waals surface area contributed by atoms with Gasteiger partial charge in [0.1, 0.15) is 5.75 Å². The van der Waals surface area contributed by atoms with Crippen LogP contribution in [-0.2, 0) is 0 Å². The lowest BCUT2D eigenvalue weighted by Gasteiger charge is -2.27. The molecular formula is C18H29NO. The number of aryl methyl sites for hydroxylation is 1. The van der Waals surface area contributed by atoms with Crippen molar-refractivity contribution < 1.29 is 4.74 Å². The molecule has 3 atom stereocenters. The Bertz CT molecular complexity index is 429. The molecule has 0 saturated heterocycles. The van der Waals surface area contributed by atoms with Crippen LogP contribution in [0.1, 0.15) is 56.7 Å². The quantitative estimate of drug-likeness (QED) is 0.826. The number of methoxy groups -OCH3 is 1. The van der Waals surface area contributed by atoms with Gasteiger partial charge >= 0.3 is 0 Å². The van der Waals surface area contributed by atoms with Crippen molar-refractivity contribution in [1.82, 2.24) is 5.32 Å². The van der Waals surface area contributed by atoms with E-state index in [-0.39, 0.29) is 0 Å². The Morgan fingerprint density at radius 2 is 2.15 bits per heavy atom. The third-order valence-corrected chi connectivity index (χ3v) is 4.54. The summed E-state index contributed by atoms with van der Waals surface area (Å²) in [5.74, 6) is 2.64. The van der Waals surface area contributed by atoms with Gasteiger partial charge in [0, 0.05) is 11.6 Å². The summed E-state index contributed by atoms with van der Waals surface area (Å²) < 4.78 is 5.61. The zero-order chi connectivity index (χ0) is 14.5. The summed E-state index contributed by atoms with van der Waals surface area (Å²) in [6.07, 6.45) is 5.20. The third-order valence-electron chi connectivity index (χ3n) is 4.54. The Morgan fingerprint density at radius 3 is 2.75 bits per heavy atom. The Hall–Kier alpha value is -1.02. The molecule has 112 valence electrons. The molecule has 0 spiro atoms. The van der Waals surface area contributed by atoms with Gasteiger partial charge in [0.25, 0.3) is 0 Å². The number of benzene rings is 1. The van der Waals surface area contributed by atoms with Gasteiger partial charge in [0.15, 0.2) is 0 Å². The van der Waals surface area contributed by atoms with Gasteiger partial charge in [0.05, 0.1) is 7.11 Å². The monoisotopic (exact) mass is 275 g/mol. The molecule has 0 amide bonds. The van der Waals surface area contributed by atoms with E-state index in [2.05, 4.69) is 44.3 Å². The molecule has 2 rings (SSSR count). The van der Waals surface area contributed by atoms with Crippen LogP contribution < -0.4 is 10.1 Å². The molecule has 0 aliphatic heterocycles. The number of ether oxygens (including phenoxy) is 1. The first-order valence-electron chi connectivity index (χ1n) is 8.03. The fourth-order valence-electron chi connectivity index (χ4n) is 3.48. The molecule has 0 heterocycles. The molecular weight excluding hydrogens is 246 g/mol. The van der Waals surface area contributed by atoms with Crippen molar-refractivity contribution in [3.8, 4) is 5.75 Å². The van der Waals surface area contributed by atoms with E-state index in [1.807, 2.05) is 0 Å². The average molecular weight is 275 g/mol. The molecule has 1 saturated carbocycles. The summed E-state index contributed by atoms with van der Waals surface area (Å²) in [4.78, 5) is 0. The van der Waals surface area contributed by atoms with Crippen LogP contribution in [0.3, 0.4) is 0 Å². The van der Waals surface area contributed by atoms with Crippen LogP contribution >= 0.6 is 0 Å². The molecule has 2 nitrogen and oxygen atoms in total. The van der Waals surface area contributed by atoms with Crippen LogP contribution in [0.4, 0.5) is 0 Å². The van der Waals surface area contributed by atoms with Crippen molar-refractivity contribution in [2.75, 3.05) is 13.7 Å². The van der Waals surface area contributed by atoms with Gasteiger partial charge in [-0.2, -0.15) is 0 Å². The highest BCUT2D eigenvalue weighted by Gasteiger charge is 2.31. The third kappa shape index (κ3) is 3.54. The largest absolute Gasteiger partial charge is 0.496 e. The molecule has 0 bridgehead atoms. The average Bonchev–Trinajstić information content (AvgIpc) is 2.86. The standard InChI is InChI=1S/C18H29NO/c1-5-10-19-18(15-8-6-13(2)11-15)16-12-14(3)7-9-17(16)20-4/h7,9,12-13,15,18-19H,5-6,8,10-11H2,1-4H3. The van der Waals surface area contributed by atoms with Crippen molar-refractivity contribution in [2.45, 2.75) is 52.5 Å². The zero-order valence-corrected chi connectivity index (χ0v) is 13.4. The molecule has 2 heteroatoms. The van der Waals surface area contributed by atoms with E-state index in [1.54, 1.807) is 7.11 Å². The molecule has 1 aliphatic carbocycles. The lowest BCUT2D eigenvalue weighted by atomic mass is 9.89. The maximum Gasteiger partial charge on any atom is 0.123 e. The highest BCUT2D eigenvalue weighted by Crippen LogP contribution is 2.41. The van der Waals surface area contributed by atoms with Crippen LogP contribution in [0.25, 0.3) is 0 Å². The zero-order valence-electron chi connectivity index (χ0n) is 13.4. The molecule has 1 fully saturated rings. The van der Waals surface area contributed by atoms with Gasteiger partial charge in [-0.25, -0.2) is 0 Å². The molecule has 1 aliphatic rings. The van der Waals surface area contributed by atoms with Crippen LogP contribution in [0, 0.1) is 18.8 Å². The van der Waals surface area contributed by atoms with Crippen LogP contribution in [-0.4, -0.2) is 13.7 Å². The fraction of sp³-hybridized carbons (Fsp3) is 0.667. The lowest BCUT2D eigenvalue weighted by Crippen LogP contribution is -2.28. The van der Waals surface area contributed by atoms with Gasteiger partial charge in [-0.05, 0) is 50.6 Å². The first kappa shape index (κ1) is 15.4. The highest BCUT2D eigenvalue weighted by molar-refractivity contribution is 5.39. The summed E-state index contributed by atoms with van der Waals surface area (Å²) >= 11 is 0. The van der Waals surface area contributed by atoms with E-state index in [1.165, 1.54) is 36.8 Å². The summed E-state index contributed by atoms with van der Waals surface area (Å²) in [5, 5.41) is 3.77. The van der Waals surface area contributed by atoms with E-state index in [0.717, 1.165) is 24.1 Å². The minimum atomic E-state index is 0.440. The molecule has 1 aromatic carbocycles. The SMILES string of the molecule is CCCNC(c1cc(C)ccc1OC)C1CCC(C)C1. The second-order valence-electron chi connectivity index (χ2n) is 6.36. The predicted molar refractivity (Wildman–Crippen MR) is 85.3 cm³/mol. The molecule has 0 aromatic heterocycles. The Morgan fingerprint density at radius 1 is 1.35 bits per heavy atom. The van der Waals surface area contributed by atoms with Crippen molar-refractivity contribution in [3.05, 3.63) is 29.3 Å². The highest BCUT2D eigenvalue weighted by atomic mass is 16.5. The van der Waals surface area contributed by atoms with Gasteiger partial charge in [0.2, 0.25) is 0 Å². The summed E-state index contributed by atoms with van der Waals surface area (Å²) in [5.41, 5.74) is 2.66. The number of hydrogen-bond donors (Lipinski definition) is 1. The minimum absolute atomic E-state index is 0.440. The van der Waals surface area contributed by atoms with E-state index in [4.69, 9.17) is 4.74 Å². The van der Waals surface area contributed by atoms with Crippen molar-refractivity contribution in [1.29, 1.82) is 0 Å². The lowest BCUT2D eigenvalue weighted by molar-refractivity contribution is 0.339. The van der Waals surface area contributed by atoms with Gasteiger partial charge < -0.3 is 10.1 Å². The summed E-state index contributed by atoms with van der Waals surface area (Å²) in [6.45, 7) is 7.85.